The second-order valence-corrected chi connectivity index (χ2v) is 5.03. The normalized spacial score (nSPS) is 12.6. The molecule has 2 aromatic rings. The molecule has 0 bridgehead atoms. The number of thiophene rings is 1. The van der Waals surface area contributed by atoms with Crippen LogP contribution < -0.4 is 5.73 Å². The highest BCUT2D eigenvalue weighted by atomic mass is 32.1. The van der Waals surface area contributed by atoms with Gasteiger partial charge in [0.25, 0.3) is 0 Å². The molecule has 1 aromatic carbocycles. The Morgan fingerprint density at radius 3 is 2.59 bits per heavy atom. The van der Waals surface area contributed by atoms with E-state index in [1.165, 1.54) is 10.9 Å². The second-order valence-electron chi connectivity index (χ2n) is 4.00. The Balaban J connectivity index is 1.98. The van der Waals surface area contributed by atoms with Gasteiger partial charge in [0, 0.05) is 10.9 Å². The van der Waals surface area contributed by atoms with Gasteiger partial charge in [-0.15, -0.1) is 11.3 Å². The predicted octanol–water partition coefficient (Wildman–Crippen LogP) is 3.14. The molecule has 1 heterocycles. The molecule has 1 atom stereocenters. The molecule has 0 aliphatic heterocycles. The van der Waals surface area contributed by atoms with Crippen molar-refractivity contribution in [2.45, 2.75) is 18.9 Å². The number of benzene rings is 1. The third kappa shape index (κ3) is 3.35. The molecule has 1 unspecified atom stereocenters. The van der Waals surface area contributed by atoms with E-state index >= 15 is 0 Å². The molecular weight excluding hydrogens is 240 g/mol. The van der Waals surface area contributed by atoms with Gasteiger partial charge in [-0.2, -0.15) is 0 Å². The van der Waals surface area contributed by atoms with E-state index in [0.29, 0.717) is 6.42 Å². The van der Waals surface area contributed by atoms with E-state index in [1.807, 2.05) is 17.5 Å². The Labute approximate surface area is 103 Å². The Hall–Kier alpha value is -1.26. The largest absolute Gasteiger partial charge is 0.327 e. The van der Waals surface area contributed by atoms with Gasteiger partial charge in [0.05, 0.1) is 0 Å². The number of rotatable bonds is 4. The van der Waals surface area contributed by atoms with Crippen LogP contribution in [-0.2, 0) is 12.8 Å². The van der Waals surface area contributed by atoms with Gasteiger partial charge < -0.3 is 5.73 Å². The second kappa shape index (κ2) is 5.38. The van der Waals surface area contributed by atoms with Crippen LogP contribution in [0.25, 0.3) is 0 Å². The fourth-order valence-electron chi connectivity index (χ4n) is 1.73. The minimum absolute atomic E-state index is 0.0708. The van der Waals surface area contributed by atoms with Gasteiger partial charge in [0.15, 0.2) is 11.6 Å². The Bertz CT molecular complexity index is 482. The Morgan fingerprint density at radius 1 is 1.12 bits per heavy atom. The van der Waals surface area contributed by atoms with Crippen molar-refractivity contribution in [1.29, 1.82) is 0 Å². The molecule has 90 valence electrons. The molecule has 0 spiro atoms. The maximum atomic E-state index is 13.0. The Morgan fingerprint density at radius 2 is 1.94 bits per heavy atom. The van der Waals surface area contributed by atoms with E-state index in [-0.39, 0.29) is 6.04 Å². The van der Waals surface area contributed by atoms with Crippen molar-refractivity contribution < 1.29 is 8.78 Å². The lowest BCUT2D eigenvalue weighted by Gasteiger charge is -2.10. The summed E-state index contributed by atoms with van der Waals surface area (Å²) in [5.74, 6) is -1.63. The van der Waals surface area contributed by atoms with Crippen LogP contribution in [0.4, 0.5) is 8.78 Å². The molecule has 0 saturated heterocycles. The maximum absolute atomic E-state index is 13.0. The van der Waals surface area contributed by atoms with Crippen LogP contribution in [0, 0.1) is 11.6 Å². The number of nitrogens with two attached hydrogens (primary N) is 1. The molecule has 2 N–H and O–H groups in total. The maximum Gasteiger partial charge on any atom is 0.159 e. The van der Waals surface area contributed by atoms with Crippen molar-refractivity contribution in [2.24, 2.45) is 5.73 Å². The standard InChI is InChI=1S/C13H13F2NS/c14-12-4-3-9(7-13(12)15)6-10(16)8-11-2-1-5-17-11/h1-5,7,10H,6,8,16H2. The zero-order valence-corrected chi connectivity index (χ0v) is 10.0. The zero-order valence-electron chi connectivity index (χ0n) is 9.20. The van der Waals surface area contributed by atoms with Crippen LogP contribution in [0.1, 0.15) is 10.4 Å². The van der Waals surface area contributed by atoms with Gasteiger partial charge in [0.1, 0.15) is 0 Å². The van der Waals surface area contributed by atoms with Crippen molar-refractivity contribution >= 4 is 11.3 Å². The van der Waals surface area contributed by atoms with E-state index in [2.05, 4.69) is 0 Å². The molecule has 0 radical (unpaired) electrons. The van der Waals surface area contributed by atoms with E-state index in [1.54, 1.807) is 17.4 Å². The monoisotopic (exact) mass is 253 g/mol. The molecule has 0 amide bonds. The highest BCUT2D eigenvalue weighted by Gasteiger charge is 2.08. The summed E-state index contributed by atoms with van der Waals surface area (Å²) >= 11 is 1.65. The van der Waals surface area contributed by atoms with Gasteiger partial charge >= 0.3 is 0 Å². The average Bonchev–Trinajstić information content (AvgIpc) is 2.76. The SMILES string of the molecule is NC(Cc1ccc(F)c(F)c1)Cc1cccs1. The van der Waals surface area contributed by atoms with Crippen LogP contribution in [-0.4, -0.2) is 6.04 Å². The lowest BCUT2D eigenvalue weighted by molar-refractivity contribution is 0.506. The van der Waals surface area contributed by atoms with Crippen LogP contribution in [0.5, 0.6) is 0 Å². The summed E-state index contributed by atoms with van der Waals surface area (Å²) in [7, 11) is 0. The lowest BCUT2D eigenvalue weighted by atomic mass is 10.0. The summed E-state index contributed by atoms with van der Waals surface area (Å²) in [6.45, 7) is 0. The molecule has 0 aliphatic rings. The molecule has 2 rings (SSSR count). The molecule has 0 fully saturated rings. The average molecular weight is 253 g/mol. The third-order valence-electron chi connectivity index (χ3n) is 2.53. The fraction of sp³-hybridized carbons (Fsp3) is 0.231. The van der Waals surface area contributed by atoms with Crippen molar-refractivity contribution in [1.82, 2.24) is 0 Å². The molecule has 0 aliphatic carbocycles. The van der Waals surface area contributed by atoms with Gasteiger partial charge in [-0.1, -0.05) is 12.1 Å². The van der Waals surface area contributed by atoms with Gasteiger partial charge in [-0.25, -0.2) is 8.78 Å². The summed E-state index contributed by atoms with van der Waals surface area (Å²) in [5, 5.41) is 2.00. The van der Waals surface area contributed by atoms with E-state index in [9.17, 15) is 8.78 Å². The smallest absolute Gasteiger partial charge is 0.159 e. The number of halogens is 2. The molecule has 4 heteroatoms. The van der Waals surface area contributed by atoms with Gasteiger partial charge in [-0.05, 0) is 42.0 Å². The van der Waals surface area contributed by atoms with E-state index in [0.717, 1.165) is 18.1 Å². The van der Waals surface area contributed by atoms with Gasteiger partial charge in [-0.3, -0.25) is 0 Å². The molecular formula is C13H13F2NS. The molecule has 0 saturated carbocycles. The Kier molecular flexibility index (Phi) is 3.86. The quantitative estimate of drug-likeness (QED) is 0.890. The highest BCUT2D eigenvalue weighted by molar-refractivity contribution is 7.09. The molecule has 17 heavy (non-hydrogen) atoms. The predicted molar refractivity (Wildman–Crippen MR) is 66.1 cm³/mol. The van der Waals surface area contributed by atoms with Crippen LogP contribution in [0.2, 0.25) is 0 Å². The first-order valence-electron chi connectivity index (χ1n) is 5.37. The van der Waals surface area contributed by atoms with Gasteiger partial charge in [0.2, 0.25) is 0 Å². The molecule has 1 nitrogen and oxygen atoms in total. The van der Waals surface area contributed by atoms with E-state index < -0.39 is 11.6 Å². The van der Waals surface area contributed by atoms with Crippen molar-refractivity contribution in [3.63, 3.8) is 0 Å². The summed E-state index contributed by atoms with van der Waals surface area (Å²) in [6.07, 6.45) is 1.31. The first kappa shape index (κ1) is 12.2. The van der Waals surface area contributed by atoms with Crippen molar-refractivity contribution in [2.75, 3.05) is 0 Å². The highest BCUT2D eigenvalue weighted by Crippen LogP contribution is 2.14. The first-order valence-corrected chi connectivity index (χ1v) is 6.25. The fourth-order valence-corrected chi connectivity index (χ4v) is 2.53. The zero-order chi connectivity index (χ0) is 12.3. The first-order chi connectivity index (χ1) is 8.15. The minimum atomic E-state index is -0.819. The topological polar surface area (TPSA) is 26.0 Å². The summed E-state index contributed by atoms with van der Waals surface area (Å²) in [6, 6.07) is 7.86. The van der Waals surface area contributed by atoms with Crippen LogP contribution in [0.3, 0.4) is 0 Å². The summed E-state index contributed by atoms with van der Waals surface area (Å²) in [4.78, 5) is 1.21. The van der Waals surface area contributed by atoms with Crippen molar-refractivity contribution in [3.8, 4) is 0 Å². The summed E-state index contributed by atoms with van der Waals surface area (Å²) in [5.41, 5.74) is 6.71. The summed E-state index contributed by atoms with van der Waals surface area (Å²) < 4.78 is 25.7. The van der Waals surface area contributed by atoms with E-state index in [4.69, 9.17) is 5.73 Å². The number of hydrogen-bond acceptors (Lipinski definition) is 2. The molecule has 1 aromatic heterocycles. The minimum Gasteiger partial charge on any atom is -0.327 e. The van der Waals surface area contributed by atoms with Crippen LogP contribution >= 0.6 is 11.3 Å². The number of hydrogen-bond donors (Lipinski definition) is 1. The van der Waals surface area contributed by atoms with Crippen molar-refractivity contribution in [3.05, 3.63) is 57.8 Å². The lowest BCUT2D eigenvalue weighted by Crippen LogP contribution is -2.25. The van der Waals surface area contributed by atoms with Crippen LogP contribution in [0.15, 0.2) is 35.7 Å². The third-order valence-corrected chi connectivity index (χ3v) is 3.42.